The van der Waals surface area contributed by atoms with Crippen LogP contribution in [0.2, 0.25) is 0 Å². The van der Waals surface area contributed by atoms with Crippen molar-refractivity contribution >= 4 is 11.6 Å². The molecule has 5 heteroatoms. The van der Waals surface area contributed by atoms with Gasteiger partial charge in [0.05, 0.1) is 6.10 Å². The van der Waals surface area contributed by atoms with Crippen LogP contribution >= 0.6 is 0 Å². The molecule has 1 aliphatic rings. The number of anilines is 1. The number of rotatable bonds is 4. The molecule has 2 N–H and O–H groups in total. The summed E-state index contributed by atoms with van der Waals surface area (Å²) in [6.07, 6.45) is 2.93. The number of carbonyl (C=O) groups is 1. The number of likely N-dealkylation sites (tertiary alicyclic amines) is 1. The highest BCUT2D eigenvalue weighted by atomic mass is 16.3. The molecule has 18 heavy (non-hydrogen) atoms. The number of amides is 1. The fourth-order valence-corrected chi connectivity index (χ4v) is 2.02. The molecule has 1 aliphatic heterocycles. The summed E-state index contributed by atoms with van der Waals surface area (Å²) in [4.78, 5) is 17.9. The van der Waals surface area contributed by atoms with Crippen LogP contribution in [0, 0.1) is 0 Å². The standard InChI is InChI=1S/C13H19N3O2/c1-2-5-14-10-3-6-15-12(8-10)13(18)16-7-4-11(17)9-16/h3,6,8,11,17H,2,4-5,7,9H2,1H3,(H,14,15). The molecule has 0 saturated carbocycles. The summed E-state index contributed by atoms with van der Waals surface area (Å²) in [5, 5.41) is 12.7. The molecule has 1 amide bonds. The van der Waals surface area contributed by atoms with Crippen molar-refractivity contribution in [2.45, 2.75) is 25.9 Å². The quantitative estimate of drug-likeness (QED) is 0.839. The van der Waals surface area contributed by atoms with Crippen molar-refractivity contribution in [3.05, 3.63) is 24.0 Å². The number of nitrogens with zero attached hydrogens (tertiary/aromatic N) is 2. The van der Waals surface area contributed by atoms with Gasteiger partial charge in [-0.15, -0.1) is 0 Å². The lowest BCUT2D eigenvalue weighted by molar-refractivity contribution is 0.0759. The second-order valence-corrected chi connectivity index (χ2v) is 4.55. The molecule has 0 spiro atoms. The van der Waals surface area contributed by atoms with Crippen molar-refractivity contribution in [3.63, 3.8) is 0 Å². The molecule has 0 aliphatic carbocycles. The normalized spacial score (nSPS) is 19.0. The first-order chi connectivity index (χ1) is 8.70. The number of aliphatic hydroxyl groups excluding tert-OH is 1. The molecule has 0 aromatic carbocycles. The second-order valence-electron chi connectivity index (χ2n) is 4.55. The molecular formula is C13H19N3O2. The number of aromatic nitrogens is 1. The molecule has 1 unspecified atom stereocenters. The number of carbonyl (C=O) groups excluding carboxylic acids is 1. The molecule has 5 nitrogen and oxygen atoms in total. The van der Waals surface area contributed by atoms with E-state index in [0.717, 1.165) is 18.7 Å². The summed E-state index contributed by atoms with van der Waals surface area (Å²) in [6, 6.07) is 3.62. The number of hydrogen-bond donors (Lipinski definition) is 2. The molecule has 2 heterocycles. The zero-order valence-corrected chi connectivity index (χ0v) is 10.6. The topological polar surface area (TPSA) is 65.5 Å². The summed E-state index contributed by atoms with van der Waals surface area (Å²) in [5.74, 6) is -0.105. The highest BCUT2D eigenvalue weighted by molar-refractivity contribution is 5.93. The zero-order chi connectivity index (χ0) is 13.0. The third kappa shape index (κ3) is 2.98. The fraction of sp³-hybridized carbons (Fsp3) is 0.538. The molecule has 98 valence electrons. The Morgan fingerprint density at radius 3 is 3.17 bits per heavy atom. The summed E-state index contributed by atoms with van der Waals surface area (Å²) in [7, 11) is 0. The second kappa shape index (κ2) is 5.82. The van der Waals surface area contributed by atoms with Crippen LogP contribution in [0.1, 0.15) is 30.3 Å². The van der Waals surface area contributed by atoms with Gasteiger partial charge in [0.1, 0.15) is 5.69 Å². The van der Waals surface area contributed by atoms with E-state index < -0.39 is 6.10 Å². The van der Waals surface area contributed by atoms with Crippen LogP contribution in [0.4, 0.5) is 5.69 Å². The predicted octanol–water partition coefficient (Wildman–Crippen LogP) is 1.11. The minimum atomic E-state index is -0.393. The lowest BCUT2D eigenvalue weighted by Gasteiger charge is -2.15. The van der Waals surface area contributed by atoms with Crippen LogP contribution < -0.4 is 5.32 Å². The highest BCUT2D eigenvalue weighted by Gasteiger charge is 2.26. The maximum Gasteiger partial charge on any atom is 0.272 e. The number of β-amino-alcohol motifs (C(OH)–C–C–N with tert-alkyl or cyclic N) is 1. The lowest BCUT2D eigenvalue weighted by Crippen LogP contribution is -2.30. The Labute approximate surface area is 107 Å². The van der Waals surface area contributed by atoms with Gasteiger partial charge in [-0.2, -0.15) is 0 Å². The predicted molar refractivity (Wildman–Crippen MR) is 69.5 cm³/mol. The van der Waals surface area contributed by atoms with Gasteiger partial charge in [-0.3, -0.25) is 9.78 Å². The Balaban J connectivity index is 2.05. The third-order valence-corrected chi connectivity index (χ3v) is 3.01. The van der Waals surface area contributed by atoms with E-state index in [-0.39, 0.29) is 5.91 Å². The lowest BCUT2D eigenvalue weighted by atomic mass is 10.3. The van der Waals surface area contributed by atoms with Crippen molar-refractivity contribution in [1.82, 2.24) is 9.88 Å². The van der Waals surface area contributed by atoms with Crippen LogP contribution in [0.5, 0.6) is 0 Å². The number of aliphatic hydroxyl groups is 1. The van der Waals surface area contributed by atoms with E-state index in [9.17, 15) is 9.90 Å². The summed E-state index contributed by atoms with van der Waals surface area (Å²) >= 11 is 0. The molecule has 1 aromatic rings. The maximum atomic E-state index is 12.1. The minimum absolute atomic E-state index is 0.105. The van der Waals surface area contributed by atoms with Crippen LogP contribution in [-0.2, 0) is 0 Å². The SMILES string of the molecule is CCCNc1ccnc(C(=O)N2CCC(O)C2)c1. The average molecular weight is 249 g/mol. The largest absolute Gasteiger partial charge is 0.391 e. The fourth-order valence-electron chi connectivity index (χ4n) is 2.02. The van der Waals surface area contributed by atoms with E-state index in [1.807, 2.05) is 6.07 Å². The van der Waals surface area contributed by atoms with Gasteiger partial charge in [0.2, 0.25) is 0 Å². The third-order valence-electron chi connectivity index (χ3n) is 3.01. The number of pyridine rings is 1. The van der Waals surface area contributed by atoms with Gasteiger partial charge in [-0.1, -0.05) is 6.92 Å². The molecule has 0 radical (unpaired) electrons. The Bertz CT molecular complexity index is 422. The van der Waals surface area contributed by atoms with Crippen molar-refractivity contribution in [1.29, 1.82) is 0 Å². The van der Waals surface area contributed by atoms with E-state index in [4.69, 9.17) is 0 Å². The van der Waals surface area contributed by atoms with E-state index in [0.29, 0.717) is 25.2 Å². The van der Waals surface area contributed by atoms with Gasteiger partial charge < -0.3 is 15.3 Å². The van der Waals surface area contributed by atoms with E-state index in [1.54, 1.807) is 17.2 Å². The van der Waals surface area contributed by atoms with Crippen molar-refractivity contribution < 1.29 is 9.90 Å². The monoisotopic (exact) mass is 249 g/mol. The van der Waals surface area contributed by atoms with E-state index >= 15 is 0 Å². The van der Waals surface area contributed by atoms with Crippen LogP contribution in [0.15, 0.2) is 18.3 Å². The maximum absolute atomic E-state index is 12.1. The van der Waals surface area contributed by atoms with Gasteiger partial charge in [-0.05, 0) is 25.0 Å². The first-order valence-electron chi connectivity index (χ1n) is 6.38. The van der Waals surface area contributed by atoms with Crippen LogP contribution in [0.3, 0.4) is 0 Å². The summed E-state index contributed by atoms with van der Waals surface area (Å²) in [5.41, 5.74) is 1.35. The van der Waals surface area contributed by atoms with E-state index in [1.165, 1.54) is 0 Å². The first-order valence-corrected chi connectivity index (χ1v) is 6.38. The van der Waals surface area contributed by atoms with Gasteiger partial charge in [-0.25, -0.2) is 0 Å². The number of nitrogens with one attached hydrogen (secondary N) is 1. The molecule has 2 rings (SSSR count). The minimum Gasteiger partial charge on any atom is -0.391 e. The van der Waals surface area contributed by atoms with Crippen LogP contribution in [0.25, 0.3) is 0 Å². The van der Waals surface area contributed by atoms with Gasteiger partial charge in [0.25, 0.3) is 5.91 Å². The van der Waals surface area contributed by atoms with Gasteiger partial charge in [0.15, 0.2) is 0 Å². The van der Waals surface area contributed by atoms with Gasteiger partial charge >= 0.3 is 0 Å². The van der Waals surface area contributed by atoms with Crippen molar-refractivity contribution in [2.75, 3.05) is 25.0 Å². The summed E-state index contributed by atoms with van der Waals surface area (Å²) in [6.45, 7) is 3.98. The Morgan fingerprint density at radius 1 is 1.67 bits per heavy atom. The molecule has 1 aromatic heterocycles. The van der Waals surface area contributed by atoms with Crippen molar-refractivity contribution in [3.8, 4) is 0 Å². The molecule has 1 atom stereocenters. The van der Waals surface area contributed by atoms with Crippen LogP contribution in [-0.4, -0.2) is 46.6 Å². The average Bonchev–Trinajstić information content (AvgIpc) is 2.82. The Hall–Kier alpha value is -1.62. The summed E-state index contributed by atoms with van der Waals surface area (Å²) < 4.78 is 0. The Morgan fingerprint density at radius 2 is 2.50 bits per heavy atom. The first kappa shape index (κ1) is 12.8. The number of hydrogen-bond acceptors (Lipinski definition) is 4. The Kier molecular flexibility index (Phi) is 4.15. The molecule has 1 saturated heterocycles. The van der Waals surface area contributed by atoms with Crippen molar-refractivity contribution in [2.24, 2.45) is 0 Å². The van der Waals surface area contributed by atoms with E-state index in [2.05, 4.69) is 17.2 Å². The zero-order valence-electron chi connectivity index (χ0n) is 10.6. The molecular weight excluding hydrogens is 230 g/mol. The highest BCUT2D eigenvalue weighted by Crippen LogP contribution is 2.14. The van der Waals surface area contributed by atoms with Gasteiger partial charge in [0, 0.05) is 31.5 Å². The smallest absolute Gasteiger partial charge is 0.272 e. The molecule has 1 fully saturated rings. The molecule has 0 bridgehead atoms.